The van der Waals surface area contributed by atoms with E-state index in [1.54, 1.807) is 6.92 Å². The molecule has 0 aromatic heterocycles. The van der Waals surface area contributed by atoms with E-state index in [1.165, 1.54) is 37.8 Å². The van der Waals surface area contributed by atoms with Crippen molar-refractivity contribution >= 4 is 23.2 Å². The van der Waals surface area contributed by atoms with Crippen LogP contribution in [0.25, 0.3) is 0 Å². The Morgan fingerprint density at radius 2 is 1.52 bits per heavy atom. The van der Waals surface area contributed by atoms with Crippen LogP contribution in [0.4, 0.5) is 11.4 Å². The summed E-state index contributed by atoms with van der Waals surface area (Å²) in [7, 11) is 0. The van der Waals surface area contributed by atoms with Crippen molar-refractivity contribution in [3.63, 3.8) is 0 Å². The molecule has 5 heteroatoms. The monoisotopic (exact) mass is 395 g/mol. The summed E-state index contributed by atoms with van der Waals surface area (Å²) in [5.74, 6) is 2.15. The number of nitrogens with one attached hydrogen (secondary N) is 2. The molecule has 2 amide bonds. The lowest BCUT2D eigenvalue weighted by Gasteiger charge is -2.55. The highest BCUT2D eigenvalue weighted by atomic mass is 16.2. The standard InChI is InChI=1S/C24H33N3O2/c1-16(22(28)26-20-4-6-21(7-5-20)27-8-2-3-9-27)25-23(29)24-13-17-10-18(14-24)12-19(11-17)15-24/h4-7,16-19H,2-3,8-15H2,1H3,(H,25,29)(H,26,28)/t16-,17?,18?,19?,24?/m1/s1. The first-order valence-electron chi connectivity index (χ1n) is 11.5. The first-order valence-corrected chi connectivity index (χ1v) is 11.5. The molecule has 6 rings (SSSR count). The molecule has 0 radical (unpaired) electrons. The van der Waals surface area contributed by atoms with E-state index in [2.05, 4.69) is 27.7 Å². The maximum atomic E-state index is 13.2. The second-order valence-corrected chi connectivity index (χ2v) is 10.1. The van der Waals surface area contributed by atoms with Gasteiger partial charge in [0, 0.05) is 29.9 Å². The highest BCUT2D eigenvalue weighted by Crippen LogP contribution is 2.60. The lowest BCUT2D eigenvalue weighted by atomic mass is 9.49. The van der Waals surface area contributed by atoms with E-state index >= 15 is 0 Å². The maximum absolute atomic E-state index is 13.2. The lowest BCUT2D eigenvalue weighted by Crippen LogP contribution is -2.56. The van der Waals surface area contributed by atoms with Crippen molar-refractivity contribution in [3.8, 4) is 0 Å². The molecule has 4 bridgehead atoms. The molecule has 1 aliphatic heterocycles. The largest absolute Gasteiger partial charge is 0.372 e. The van der Waals surface area contributed by atoms with Crippen LogP contribution < -0.4 is 15.5 Å². The molecule has 2 N–H and O–H groups in total. The number of hydrogen-bond acceptors (Lipinski definition) is 3. The number of carbonyl (C=O) groups excluding carboxylic acids is 2. The summed E-state index contributed by atoms with van der Waals surface area (Å²) in [6, 6.07) is 7.53. The second-order valence-electron chi connectivity index (χ2n) is 10.1. The van der Waals surface area contributed by atoms with Crippen LogP contribution in [0.3, 0.4) is 0 Å². The van der Waals surface area contributed by atoms with Gasteiger partial charge in [0.1, 0.15) is 6.04 Å². The number of rotatable bonds is 5. The van der Waals surface area contributed by atoms with Gasteiger partial charge in [0.15, 0.2) is 0 Å². The topological polar surface area (TPSA) is 61.4 Å². The van der Waals surface area contributed by atoms with Crippen molar-refractivity contribution in [2.24, 2.45) is 23.2 Å². The predicted molar refractivity (Wildman–Crippen MR) is 115 cm³/mol. The number of nitrogens with zero attached hydrogens (tertiary/aromatic N) is 1. The fourth-order valence-electron chi connectivity index (χ4n) is 6.79. The Morgan fingerprint density at radius 1 is 0.966 bits per heavy atom. The van der Waals surface area contributed by atoms with Crippen molar-refractivity contribution in [1.82, 2.24) is 5.32 Å². The number of amides is 2. The molecule has 0 unspecified atom stereocenters. The fraction of sp³-hybridized carbons (Fsp3) is 0.667. The van der Waals surface area contributed by atoms with Gasteiger partial charge in [-0.2, -0.15) is 0 Å². The Balaban J connectivity index is 1.18. The van der Waals surface area contributed by atoms with E-state index in [0.717, 1.165) is 55.8 Å². The Morgan fingerprint density at radius 3 is 2.07 bits per heavy atom. The zero-order valence-corrected chi connectivity index (χ0v) is 17.5. The number of anilines is 2. The van der Waals surface area contributed by atoms with Gasteiger partial charge in [-0.1, -0.05) is 0 Å². The summed E-state index contributed by atoms with van der Waals surface area (Å²) in [5, 5.41) is 6.02. The molecule has 1 saturated heterocycles. The summed E-state index contributed by atoms with van der Waals surface area (Å²) in [4.78, 5) is 28.2. The predicted octanol–water partition coefficient (Wildman–Crippen LogP) is 3.95. The molecule has 5 nitrogen and oxygen atoms in total. The third-order valence-corrected chi connectivity index (χ3v) is 7.87. The Bertz CT molecular complexity index is 747. The van der Waals surface area contributed by atoms with Crippen LogP contribution in [-0.2, 0) is 9.59 Å². The van der Waals surface area contributed by atoms with Crippen molar-refractivity contribution in [2.45, 2.75) is 64.3 Å². The minimum atomic E-state index is -0.520. The van der Waals surface area contributed by atoms with Crippen molar-refractivity contribution < 1.29 is 9.59 Å². The third-order valence-electron chi connectivity index (χ3n) is 7.87. The minimum absolute atomic E-state index is 0.114. The van der Waals surface area contributed by atoms with Crippen molar-refractivity contribution in [2.75, 3.05) is 23.3 Å². The smallest absolute Gasteiger partial charge is 0.246 e. The van der Waals surface area contributed by atoms with E-state index in [1.807, 2.05) is 12.1 Å². The summed E-state index contributed by atoms with van der Waals surface area (Å²) >= 11 is 0. The van der Waals surface area contributed by atoms with Gasteiger partial charge in [0.2, 0.25) is 11.8 Å². The van der Waals surface area contributed by atoms with Crippen molar-refractivity contribution in [3.05, 3.63) is 24.3 Å². The molecule has 4 saturated carbocycles. The molecule has 1 aromatic carbocycles. The van der Waals surface area contributed by atoms with Gasteiger partial charge in [-0.25, -0.2) is 0 Å². The van der Waals surface area contributed by atoms with Crippen LogP contribution in [0, 0.1) is 23.2 Å². The number of benzene rings is 1. The molecule has 29 heavy (non-hydrogen) atoms. The zero-order chi connectivity index (χ0) is 20.0. The number of hydrogen-bond donors (Lipinski definition) is 2. The van der Waals surface area contributed by atoms with E-state index in [-0.39, 0.29) is 17.2 Å². The van der Waals surface area contributed by atoms with Crippen LogP contribution in [-0.4, -0.2) is 30.9 Å². The minimum Gasteiger partial charge on any atom is -0.372 e. The molecule has 1 heterocycles. The Kier molecular flexibility index (Phi) is 4.79. The SMILES string of the molecule is C[C@@H](NC(=O)C12CC3CC(CC(C3)C1)C2)C(=O)Nc1ccc(N2CCCC2)cc1. The molecule has 4 aliphatic carbocycles. The first-order chi connectivity index (χ1) is 14.0. The normalized spacial score (nSPS) is 33.6. The molecule has 0 spiro atoms. The second kappa shape index (κ2) is 7.33. The lowest BCUT2D eigenvalue weighted by molar-refractivity contribution is -0.147. The van der Waals surface area contributed by atoms with E-state index in [4.69, 9.17) is 0 Å². The fourth-order valence-corrected chi connectivity index (χ4v) is 6.79. The van der Waals surface area contributed by atoms with E-state index in [9.17, 15) is 9.59 Å². The highest BCUT2D eigenvalue weighted by molar-refractivity contribution is 5.97. The highest BCUT2D eigenvalue weighted by Gasteiger charge is 2.54. The molecule has 5 fully saturated rings. The van der Waals surface area contributed by atoms with Crippen LogP contribution in [0.1, 0.15) is 58.3 Å². The molecular formula is C24H33N3O2. The van der Waals surface area contributed by atoms with Crippen LogP contribution in [0.5, 0.6) is 0 Å². The van der Waals surface area contributed by atoms with Crippen molar-refractivity contribution in [1.29, 1.82) is 0 Å². The summed E-state index contributed by atoms with van der Waals surface area (Å²) in [5.41, 5.74) is 1.79. The van der Waals surface area contributed by atoms with Gasteiger partial charge < -0.3 is 15.5 Å². The van der Waals surface area contributed by atoms with Crippen LogP contribution in [0.15, 0.2) is 24.3 Å². The Hall–Kier alpha value is -2.04. The quantitative estimate of drug-likeness (QED) is 0.794. The molecule has 1 aromatic rings. The average Bonchev–Trinajstić information content (AvgIpc) is 3.22. The van der Waals surface area contributed by atoms with Gasteiger partial charge in [0.25, 0.3) is 0 Å². The van der Waals surface area contributed by atoms with E-state index in [0.29, 0.717) is 0 Å². The van der Waals surface area contributed by atoms with Gasteiger partial charge in [0.05, 0.1) is 0 Å². The van der Waals surface area contributed by atoms with Gasteiger partial charge >= 0.3 is 0 Å². The first kappa shape index (κ1) is 19.0. The molecule has 1 atom stereocenters. The molecule has 5 aliphatic rings. The average molecular weight is 396 g/mol. The zero-order valence-electron chi connectivity index (χ0n) is 17.5. The maximum Gasteiger partial charge on any atom is 0.246 e. The molecule has 156 valence electrons. The van der Waals surface area contributed by atoms with Gasteiger partial charge in [-0.15, -0.1) is 0 Å². The Labute approximate surface area is 173 Å². The number of carbonyl (C=O) groups is 2. The summed E-state index contributed by atoms with van der Waals surface area (Å²) in [6.45, 7) is 4.02. The van der Waals surface area contributed by atoms with E-state index < -0.39 is 6.04 Å². The summed E-state index contributed by atoms with van der Waals surface area (Å²) < 4.78 is 0. The summed E-state index contributed by atoms with van der Waals surface area (Å²) in [6.07, 6.45) is 9.52. The van der Waals surface area contributed by atoms with Crippen LogP contribution in [0.2, 0.25) is 0 Å². The van der Waals surface area contributed by atoms with Gasteiger partial charge in [-0.05, 0) is 100 Å². The third kappa shape index (κ3) is 3.64. The van der Waals surface area contributed by atoms with Gasteiger partial charge in [-0.3, -0.25) is 9.59 Å². The molecular weight excluding hydrogens is 362 g/mol. The van der Waals surface area contributed by atoms with Crippen LogP contribution >= 0.6 is 0 Å².